The molecule has 3 nitrogen and oxygen atoms in total. The van der Waals surface area contributed by atoms with E-state index in [1.165, 1.54) is 25.5 Å². The highest BCUT2D eigenvalue weighted by Gasteiger charge is 2.22. The van der Waals surface area contributed by atoms with Crippen LogP contribution in [0.2, 0.25) is 0 Å². The van der Waals surface area contributed by atoms with E-state index in [1.54, 1.807) is 12.1 Å². The van der Waals surface area contributed by atoms with E-state index in [9.17, 15) is 8.42 Å². The van der Waals surface area contributed by atoms with Crippen molar-refractivity contribution in [2.24, 2.45) is 5.92 Å². The lowest BCUT2D eigenvalue weighted by Crippen LogP contribution is -2.19. The van der Waals surface area contributed by atoms with Crippen LogP contribution in [0.3, 0.4) is 0 Å². The number of anilines is 1. The zero-order valence-electron chi connectivity index (χ0n) is 11.1. The summed E-state index contributed by atoms with van der Waals surface area (Å²) < 4.78 is 23.1. The van der Waals surface area contributed by atoms with Crippen molar-refractivity contribution in [2.45, 2.75) is 31.1 Å². The summed E-state index contributed by atoms with van der Waals surface area (Å²) in [4.78, 5) is 2.72. The SMILES string of the molecule is CCCC1CCN(c2cccc(S(C)(=O)=O)c2)C1. The first kappa shape index (κ1) is 13.4. The molecule has 0 amide bonds. The molecule has 0 aliphatic carbocycles. The molecule has 4 heteroatoms. The van der Waals surface area contributed by atoms with Crippen molar-refractivity contribution in [1.82, 2.24) is 0 Å². The minimum Gasteiger partial charge on any atom is -0.371 e. The van der Waals surface area contributed by atoms with Crippen LogP contribution >= 0.6 is 0 Å². The van der Waals surface area contributed by atoms with Crippen LogP contribution in [-0.4, -0.2) is 27.8 Å². The molecule has 0 bridgehead atoms. The first-order chi connectivity index (χ1) is 8.50. The van der Waals surface area contributed by atoms with E-state index in [-0.39, 0.29) is 0 Å². The lowest BCUT2D eigenvalue weighted by atomic mass is 10.0. The summed E-state index contributed by atoms with van der Waals surface area (Å²) in [7, 11) is -3.11. The quantitative estimate of drug-likeness (QED) is 0.841. The molecule has 1 fully saturated rings. The number of rotatable bonds is 4. The van der Waals surface area contributed by atoms with E-state index in [1.807, 2.05) is 12.1 Å². The smallest absolute Gasteiger partial charge is 0.175 e. The number of nitrogens with zero attached hydrogens (tertiary/aromatic N) is 1. The van der Waals surface area contributed by atoms with Gasteiger partial charge in [-0.25, -0.2) is 8.42 Å². The summed E-state index contributed by atoms with van der Waals surface area (Å²) in [5.74, 6) is 0.761. The van der Waals surface area contributed by atoms with Crippen LogP contribution in [0.5, 0.6) is 0 Å². The largest absolute Gasteiger partial charge is 0.371 e. The fourth-order valence-electron chi connectivity index (χ4n) is 2.62. The first-order valence-corrected chi connectivity index (χ1v) is 8.45. The maximum atomic E-state index is 11.5. The van der Waals surface area contributed by atoms with Crippen molar-refractivity contribution in [3.05, 3.63) is 24.3 Å². The zero-order chi connectivity index (χ0) is 13.2. The highest BCUT2D eigenvalue weighted by Crippen LogP contribution is 2.27. The van der Waals surface area contributed by atoms with E-state index in [0.717, 1.165) is 24.7 Å². The van der Waals surface area contributed by atoms with Crippen LogP contribution in [0.25, 0.3) is 0 Å². The maximum absolute atomic E-state index is 11.5. The molecule has 1 aromatic rings. The van der Waals surface area contributed by atoms with Crippen molar-refractivity contribution >= 4 is 15.5 Å². The Morgan fingerprint density at radius 3 is 2.83 bits per heavy atom. The molecule has 0 N–H and O–H groups in total. The molecule has 0 aromatic heterocycles. The summed E-state index contributed by atoms with van der Waals surface area (Å²) in [5, 5.41) is 0. The summed E-state index contributed by atoms with van der Waals surface area (Å²) in [5.41, 5.74) is 1.04. The normalized spacial score (nSPS) is 20.3. The van der Waals surface area contributed by atoms with Gasteiger partial charge in [-0.2, -0.15) is 0 Å². The molecule has 18 heavy (non-hydrogen) atoms. The van der Waals surface area contributed by atoms with Crippen LogP contribution in [0.4, 0.5) is 5.69 Å². The Morgan fingerprint density at radius 1 is 1.39 bits per heavy atom. The van der Waals surface area contributed by atoms with E-state index < -0.39 is 9.84 Å². The standard InChI is InChI=1S/C14H21NO2S/c1-3-5-12-8-9-15(11-12)13-6-4-7-14(10-13)18(2,16)17/h4,6-7,10,12H,3,5,8-9,11H2,1-2H3. The topological polar surface area (TPSA) is 37.4 Å². The second-order valence-corrected chi connectivity index (χ2v) is 7.17. The first-order valence-electron chi connectivity index (χ1n) is 6.55. The van der Waals surface area contributed by atoms with Gasteiger partial charge in [0.05, 0.1) is 4.90 Å². The van der Waals surface area contributed by atoms with Gasteiger partial charge in [0.2, 0.25) is 0 Å². The van der Waals surface area contributed by atoms with E-state index in [4.69, 9.17) is 0 Å². The van der Waals surface area contributed by atoms with Crippen LogP contribution in [0.1, 0.15) is 26.2 Å². The molecule has 0 radical (unpaired) electrons. The average Bonchev–Trinajstić information content (AvgIpc) is 2.77. The highest BCUT2D eigenvalue weighted by molar-refractivity contribution is 7.90. The lowest BCUT2D eigenvalue weighted by Gasteiger charge is -2.19. The molecule has 2 rings (SSSR count). The molecule has 1 heterocycles. The third-order valence-electron chi connectivity index (χ3n) is 3.59. The molecule has 0 spiro atoms. The summed E-state index contributed by atoms with van der Waals surface area (Å²) in [6.45, 7) is 4.31. The van der Waals surface area contributed by atoms with Crippen molar-refractivity contribution < 1.29 is 8.42 Å². The minimum absolute atomic E-state index is 0.416. The fraction of sp³-hybridized carbons (Fsp3) is 0.571. The Kier molecular flexibility index (Phi) is 3.95. The fourth-order valence-corrected chi connectivity index (χ4v) is 3.28. The number of hydrogen-bond donors (Lipinski definition) is 0. The van der Waals surface area contributed by atoms with Crippen molar-refractivity contribution in [3.63, 3.8) is 0 Å². The number of benzene rings is 1. The second kappa shape index (κ2) is 5.31. The highest BCUT2D eigenvalue weighted by atomic mass is 32.2. The summed E-state index contributed by atoms with van der Waals surface area (Å²) >= 11 is 0. The Bertz CT molecular complexity index is 510. The van der Waals surface area contributed by atoms with E-state index in [0.29, 0.717) is 4.90 Å². The van der Waals surface area contributed by atoms with Crippen molar-refractivity contribution in [2.75, 3.05) is 24.2 Å². The third-order valence-corrected chi connectivity index (χ3v) is 4.70. The molecular formula is C14H21NO2S. The van der Waals surface area contributed by atoms with Crippen molar-refractivity contribution in [3.8, 4) is 0 Å². The monoisotopic (exact) mass is 267 g/mol. The molecule has 1 aliphatic heterocycles. The Balaban J connectivity index is 2.15. The number of hydrogen-bond acceptors (Lipinski definition) is 3. The Labute approximate surface area is 110 Å². The maximum Gasteiger partial charge on any atom is 0.175 e. The number of sulfone groups is 1. The second-order valence-electron chi connectivity index (χ2n) is 5.16. The molecule has 1 atom stereocenters. The van der Waals surface area contributed by atoms with Crippen LogP contribution in [0, 0.1) is 5.92 Å². The van der Waals surface area contributed by atoms with Crippen LogP contribution in [-0.2, 0) is 9.84 Å². The van der Waals surface area contributed by atoms with Gasteiger partial charge < -0.3 is 4.90 Å². The molecule has 1 aromatic carbocycles. The molecular weight excluding hydrogens is 246 g/mol. The van der Waals surface area contributed by atoms with Crippen LogP contribution in [0.15, 0.2) is 29.2 Å². The van der Waals surface area contributed by atoms with Crippen molar-refractivity contribution in [1.29, 1.82) is 0 Å². The average molecular weight is 267 g/mol. The predicted molar refractivity (Wildman–Crippen MR) is 74.8 cm³/mol. The van der Waals surface area contributed by atoms with Crippen LogP contribution < -0.4 is 4.90 Å². The summed E-state index contributed by atoms with van der Waals surface area (Å²) in [6, 6.07) is 7.30. The van der Waals surface area contributed by atoms with Gasteiger partial charge in [0.25, 0.3) is 0 Å². The van der Waals surface area contributed by atoms with Gasteiger partial charge in [-0.1, -0.05) is 19.4 Å². The van der Waals surface area contributed by atoms with Gasteiger partial charge in [-0.3, -0.25) is 0 Å². The molecule has 1 saturated heterocycles. The van der Waals surface area contributed by atoms with Gasteiger partial charge in [0.1, 0.15) is 0 Å². The van der Waals surface area contributed by atoms with Gasteiger partial charge in [0, 0.05) is 25.0 Å². The Hall–Kier alpha value is -1.03. The zero-order valence-corrected chi connectivity index (χ0v) is 11.9. The van der Waals surface area contributed by atoms with Gasteiger partial charge in [-0.15, -0.1) is 0 Å². The summed E-state index contributed by atoms with van der Waals surface area (Å²) in [6.07, 6.45) is 4.97. The lowest BCUT2D eigenvalue weighted by molar-refractivity contribution is 0.530. The minimum atomic E-state index is -3.11. The molecule has 1 aliphatic rings. The third kappa shape index (κ3) is 3.05. The van der Waals surface area contributed by atoms with Gasteiger partial charge in [0.15, 0.2) is 9.84 Å². The van der Waals surface area contributed by atoms with E-state index in [2.05, 4.69) is 11.8 Å². The Morgan fingerprint density at radius 2 is 2.17 bits per heavy atom. The predicted octanol–water partition coefficient (Wildman–Crippen LogP) is 2.72. The molecule has 100 valence electrons. The molecule has 1 unspecified atom stereocenters. The molecule has 0 saturated carbocycles. The van der Waals surface area contributed by atoms with E-state index >= 15 is 0 Å². The van der Waals surface area contributed by atoms with Gasteiger partial charge in [-0.05, 0) is 37.0 Å². The van der Waals surface area contributed by atoms with Gasteiger partial charge >= 0.3 is 0 Å².